The van der Waals surface area contributed by atoms with Crippen LogP contribution < -0.4 is 10.1 Å². The maximum atomic E-state index is 13.7. The average Bonchev–Trinajstić information content (AvgIpc) is 2.81. The molecule has 1 aromatic rings. The Morgan fingerprint density at radius 3 is 2.69 bits per heavy atom. The maximum Gasteiger partial charge on any atom is 0.253 e. The number of carbonyl (C=O) groups is 1. The summed E-state index contributed by atoms with van der Waals surface area (Å²) in [5, 5.41) is 3.58. The minimum atomic E-state index is -0.248. The number of fused-ring (bicyclic) bond motifs is 1. The molecular formula is C26H38FN3O2. The zero-order valence-electron chi connectivity index (χ0n) is 19.8. The van der Waals surface area contributed by atoms with E-state index in [1.165, 1.54) is 12.5 Å². The van der Waals surface area contributed by atoms with Crippen LogP contribution in [0.1, 0.15) is 70.3 Å². The van der Waals surface area contributed by atoms with E-state index < -0.39 is 0 Å². The lowest BCUT2D eigenvalue weighted by Crippen LogP contribution is -2.55. The SMILES string of the molecule is CCC(c1ccc(F)cc1OC)C1CCN(CCC2=C(C)NC3CCCCN3C2=O)CC1. The first-order valence-corrected chi connectivity index (χ1v) is 12.3. The third-order valence-corrected chi connectivity index (χ3v) is 7.77. The average molecular weight is 444 g/mol. The summed E-state index contributed by atoms with van der Waals surface area (Å²) < 4.78 is 19.1. The van der Waals surface area contributed by atoms with Crippen LogP contribution in [-0.2, 0) is 4.79 Å². The summed E-state index contributed by atoms with van der Waals surface area (Å²) in [6, 6.07) is 4.96. The van der Waals surface area contributed by atoms with E-state index in [2.05, 4.69) is 24.1 Å². The second kappa shape index (κ2) is 10.2. The number of ether oxygens (including phenoxy) is 1. The summed E-state index contributed by atoms with van der Waals surface area (Å²) in [6.07, 6.45) is 7.65. The Hall–Kier alpha value is -2.08. The van der Waals surface area contributed by atoms with Crippen molar-refractivity contribution in [1.29, 1.82) is 0 Å². The fraction of sp³-hybridized carbons (Fsp3) is 0.654. The molecular weight excluding hydrogens is 405 g/mol. The third kappa shape index (κ3) is 4.80. The van der Waals surface area contributed by atoms with E-state index in [1.54, 1.807) is 13.2 Å². The van der Waals surface area contributed by atoms with Crippen molar-refractivity contribution in [2.45, 2.75) is 70.9 Å². The van der Waals surface area contributed by atoms with E-state index in [1.807, 2.05) is 11.0 Å². The van der Waals surface area contributed by atoms with Gasteiger partial charge in [0.2, 0.25) is 0 Å². The van der Waals surface area contributed by atoms with E-state index in [4.69, 9.17) is 4.74 Å². The van der Waals surface area contributed by atoms with Crippen molar-refractivity contribution < 1.29 is 13.9 Å². The zero-order valence-corrected chi connectivity index (χ0v) is 19.8. The Balaban J connectivity index is 1.33. The van der Waals surface area contributed by atoms with Gasteiger partial charge in [-0.05, 0) is 88.4 Å². The van der Waals surface area contributed by atoms with Crippen molar-refractivity contribution in [3.63, 3.8) is 0 Å². The number of hydrogen-bond donors (Lipinski definition) is 1. The van der Waals surface area contributed by atoms with Crippen molar-refractivity contribution >= 4 is 5.91 Å². The molecule has 2 atom stereocenters. The summed E-state index contributed by atoms with van der Waals surface area (Å²) in [7, 11) is 1.62. The van der Waals surface area contributed by atoms with Gasteiger partial charge in [-0.3, -0.25) is 4.79 Å². The molecule has 1 aromatic carbocycles. The molecule has 4 rings (SSSR count). The number of amides is 1. The Morgan fingerprint density at radius 2 is 1.97 bits per heavy atom. The van der Waals surface area contributed by atoms with Crippen LogP contribution in [0.15, 0.2) is 29.5 Å². The molecule has 3 aliphatic rings. The lowest BCUT2D eigenvalue weighted by Gasteiger charge is -2.42. The van der Waals surface area contributed by atoms with Crippen molar-refractivity contribution in [1.82, 2.24) is 15.1 Å². The standard InChI is InChI=1S/C26H38FN3O2/c1-4-21(23-9-8-20(27)17-24(23)32-3)19-10-14-29(15-11-19)16-12-22-18(2)28-25-7-5-6-13-30(25)26(22)31/h8-9,17,19,21,25,28H,4-7,10-16H2,1-3H3. The maximum absolute atomic E-state index is 13.7. The topological polar surface area (TPSA) is 44.8 Å². The van der Waals surface area contributed by atoms with Gasteiger partial charge in [0.15, 0.2) is 0 Å². The molecule has 0 spiro atoms. The highest BCUT2D eigenvalue weighted by molar-refractivity contribution is 5.95. The first kappa shape index (κ1) is 23.1. The van der Waals surface area contributed by atoms with Crippen LogP contribution in [0, 0.1) is 11.7 Å². The number of benzene rings is 1. The number of methoxy groups -OCH3 is 1. The Labute approximate surface area is 192 Å². The van der Waals surface area contributed by atoms with Crippen LogP contribution >= 0.6 is 0 Å². The van der Waals surface area contributed by atoms with Gasteiger partial charge in [0.25, 0.3) is 5.91 Å². The number of nitrogens with one attached hydrogen (secondary N) is 1. The first-order chi connectivity index (χ1) is 15.5. The molecule has 32 heavy (non-hydrogen) atoms. The quantitative estimate of drug-likeness (QED) is 0.667. The van der Waals surface area contributed by atoms with Gasteiger partial charge in [-0.15, -0.1) is 0 Å². The van der Waals surface area contributed by atoms with Crippen LogP contribution in [0.4, 0.5) is 4.39 Å². The van der Waals surface area contributed by atoms with Gasteiger partial charge in [0, 0.05) is 30.4 Å². The van der Waals surface area contributed by atoms with E-state index in [0.29, 0.717) is 17.6 Å². The molecule has 3 heterocycles. The molecule has 2 unspecified atom stereocenters. The van der Waals surface area contributed by atoms with Crippen LogP contribution in [-0.4, -0.2) is 55.2 Å². The van der Waals surface area contributed by atoms with Crippen LogP contribution in [0.2, 0.25) is 0 Å². The predicted octanol–water partition coefficient (Wildman–Crippen LogP) is 4.65. The van der Waals surface area contributed by atoms with Gasteiger partial charge < -0.3 is 19.9 Å². The Morgan fingerprint density at radius 1 is 1.19 bits per heavy atom. The summed E-state index contributed by atoms with van der Waals surface area (Å²) >= 11 is 0. The third-order valence-electron chi connectivity index (χ3n) is 7.77. The molecule has 0 aromatic heterocycles. The highest BCUT2D eigenvalue weighted by Gasteiger charge is 2.34. The van der Waals surface area contributed by atoms with Crippen molar-refractivity contribution in [2.24, 2.45) is 5.92 Å². The molecule has 0 radical (unpaired) electrons. The van der Waals surface area contributed by atoms with E-state index in [0.717, 1.165) is 81.5 Å². The molecule has 3 aliphatic heterocycles. The van der Waals surface area contributed by atoms with Gasteiger partial charge in [0.1, 0.15) is 17.7 Å². The molecule has 1 N–H and O–H groups in total. The van der Waals surface area contributed by atoms with Crippen LogP contribution in [0.3, 0.4) is 0 Å². The number of nitrogens with zero attached hydrogens (tertiary/aromatic N) is 2. The Kier molecular flexibility index (Phi) is 7.39. The normalized spacial score (nSPS) is 23.7. The predicted molar refractivity (Wildman–Crippen MR) is 125 cm³/mol. The van der Waals surface area contributed by atoms with Gasteiger partial charge in [-0.1, -0.05) is 13.0 Å². The molecule has 2 fully saturated rings. The van der Waals surface area contributed by atoms with Crippen molar-refractivity contribution in [3.05, 3.63) is 40.8 Å². The second-order valence-electron chi connectivity index (χ2n) is 9.59. The number of halogens is 1. The molecule has 2 saturated heterocycles. The molecule has 0 aliphatic carbocycles. The first-order valence-electron chi connectivity index (χ1n) is 12.3. The molecule has 6 heteroatoms. The Bertz CT molecular complexity index is 847. The van der Waals surface area contributed by atoms with E-state index in [9.17, 15) is 9.18 Å². The molecule has 176 valence electrons. The monoisotopic (exact) mass is 443 g/mol. The number of likely N-dealkylation sites (tertiary alicyclic amines) is 1. The molecule has 5 nitrogen and oxygen atoms in total. The number of carbonyl (C=O) groups excluding carboxylic acids is 1. The van der Waals surface area contributed by atoms with Gasteiger partial charge in [-0.25, -0.2) is 4.39 Å². The van der Waals surface area contributed by atoms with E-state index in [-0.39, 0.29) is 17.9 Å². The summed E-state index contributed by atoms with van der Waals surface area (Å²) in [4.78, 5) is 17.6. The fourth-order valence-electron chi connectivity index (χ4n) is 5.94. The van der Waals surface area contributed by atoms with Gasteiger partial charge >= 0.3 is 0 Å². The lowest BCUT2D eigenvalue weighted by molar-refractivity contribution is -0.132. The highest BCUT2D eigenvalue weighted by atomic mass is 19.1. The number of allylic oxidation sites excluding steroid dienone is 1. The number of piperidine rings is 2. The smallest absolute Gasteiger partial charge is 0.253 e. The molecule has 0 bridgehead atoms. The van der Waals surface area contributed by atoms with Gasteiger partial charge in [0.05, 0.1) is 7.11 Å². The largest absolute Gasteiger partial charge is 0.496 e. The number of rotatable bonds is 7. The summed E-state index contributed by atoms with van der Waals surface area (Å²) in [5.41, 5.74) is 3.17. The minimum Gasteiger partial charge on any atom is -0.496 e. The summed E-state index contributed by atoms with van der Waals surface area (Å²) in [6.45, 7) is 8.18. The van der Waals surface area contributed by atoms with Gasteiger partial charge in [-0.2, -0.15) is 0 Å². The fourth-order valence-corrected chi connectivity index (χ4v) is 5.94. The van der Waals surface area contributed by atoms with Crippen LogP contribution in [0.25, 0.3) is 0 Å². The zero-order chi connectivity index (χ0) is 22.7. The van der Waals surface area contributed by atoms with Crippen LogP contribution in [0.5, 0.6) is 5.75 Å². The molecule has 1 amide bonds. The minimum absolute atomic E-state index is 0.199. The lowest BCUT2D eigenvalue weighted by atomic mass is 9.78. The highest BCUT2D eigenvalue weighted by Crippen LogP contribution is 2.39. The van der Waals surface area contributed by atoms with Crippen molar-refractivity contribution in [3.8, 4) is 5.75 Å². The second-order valence-corrected chi connectivity index (χ2v) is 9.59. The summed E-state index contributed by atoms with van der Waals surface area (Å²) in [5.74, 6) is 1.63. The van der Waals surface area contributed by atoms with E-state index >= 15 is 0 Å². The molecule has 0 saturated carbocycles. The van der Waals surface area contributed by atoms with Crippen molar-refractivity contribution in [2.75, 3.05) is 33.3 Å². The number of hydrogen-bond acceptors (Lipinski definition) is 4.